The van der Waals surface area contributed by atoms with E-state index in [0.717, 1.165) is 18.2 Å². The van der Waals surface area contributed by atoms with Gasteiger partial charge in [0.05, 0.1) is 12.3 Å². The first-order valence-corrected chi connectivity index (χ1v) is 6.47. The normalized spacial score (nSPS) is 12.7. The highest BCUT2D eigenvalue weighted by atomic mass is 16.5. The van der Waals surface area contributed by atoms with Crippen LogP contribution < -0.4 is 5.32 Å². The summed E-state index contributed by atoms with van der Waals surface area (Å²) >= 11 is 0. The lowest BCUT2D eigenvalue weighted by Gasteiger charge is -2.16. The number of nitrogens with zero attached hydrogens (tertiary/aromatic N) is 2. The summed E-state index contributed by atoms with van der Waals surface area (Å²) in [7, 11) is 1.71. The molecule has 0 bridgehead atoms. The highest BCUT2D eigenvalue weighted by molar-refractivity contribution is 5.29. The van der Waals surface area contributed by atoms with Crippen LogP contribution in [0.25, 0.3) is 0 Å². The van der Waals surface area contributed by atoms with Crippen molar-refractivity contribution in [2.75, 3.05) is 25.6 Å². The minimum Gasteiger partial charge on any atom is -0.383 e. The number of rotatable bonds is 8. The van der Waals surface area contributed by atoms with Crippen LogP contribution in [0.15, 0.2) is 6.20 Å². The van der Waals surface area contributed by atoms with Gasteiger partial charge in [-0.1, -0.05) is 19.8 Å². The average Bonchev–Trinajstić information content (AvgIpc) is 2.68. The summed E-state index contributed by atoms with van der Waals surface area (Å²) in [6.07, 6.45) is 5.82. The molecule has 0 saturated heterocycles. The van der Waals surface area contributed by atoms with Crippen LogP contribution in [0, 0.1) is 6.92 Å². The number of anilines is 1. The maximum absolute atomic E-state index is 5.04. The summed E-state index contributed by atoms with van der Waals surface area (Å²) < 4.78 is 7.27. The minimum atomic E-state index is 0.501. The van der Waals surface area contributed by atoms with Crippen LogP contribution in [0.5, 0.6) is 0 Å². The van der Waals surface area contributed by atoms with Crippen molar-refractivity contribution in [2.45, 2.75) is 46.1 Å². The van der Waals surface area contributed by atoms with Crippen LogP contribution in [0.3, 0.4) is 0 Å². The quantitative estimate of drug-likeness (QED) is 0.709. The van der Waals surface area contributed by atoms with E-state index >= 15 is 0 Å². The molecule has 1 aromatic rings. The number of ether oxygens (including phenoxy) is 1. The van der Waals surface area contributed by atoms with E-state index in [9.17, 15) is 0 Å². The van der Waals surface area contributed by atoms with Crippen molar-refractivity contribution in [1.82, 2.24) is 9.55 Å². The lowest BCUT2D eigenvalue weighted by atomic mass is 10.1. The number of hydrogen-bond acceptors (Lipinski definition) is 3. The minimum absolute atomic E-state index is 0.501. The van der Waals surface area contributed by atoms with E-state index in [4.69, 9.17) is 4.74 Å². The van der Waals surface area contributed by atoms with E-state index in [1.54, 1.807) is 7.11 Å². The third-order valence-corrected chi connectivity index (χ3v) is 2.89. The molecule has 0 radical (unpaired) electrons. The summed E-state index contributed by atoms with van der Waals surface area (Å²) in [6.45, 7) is 8.01. The molecule has 4 heteroatoms. The Balaban J connectivity index is 2.62. The van der Waals surface area contributed by atoms with E-state index < -0.39 is 0 Å². The fraction of sp³-hybridized carbons (Fsp3) is 0.769. The molecule has 0 aliphatic carbocycles. The molecule has 0 aromatic carbocycles. The van der Waals surface area contributed by atoms with Gasteiger partial charge in [0.25, 0.3) is 0 Å². The maximum Gasteiger partial charge on any atom is 0.203 e. The number of hydrogen-bond donors (Lipinski definition) is 1. The fourth-order valence-corrected chi connectivity index (χ4v) is 1.89. The SMILES string of the molecule is CCCCC(C)n1cc(C)nc1NCCOC. The zero-order valence-corrected chi connectivity index (χ0v) is 11.5. The number of methoxy groups -OCH3 is 1. The van der Waals surface area contributed by atoms with Gasteiger partial charge >= 0.3 is 0 Å². The molecule has 4 nitrogen and oxygen atoms in total. The zero-order chi connectivity index (χ0) is 12.7. The van der Waals surface area contributed by atoms with Crippen LogP contribution in [0.4, 0.5) is 5.95 Å². The number of aryl methyl sites for hydroxylation is 1. The third-order valence-electron chi connectivity index (χ3n) is 2.89. The van der Waals surface area contributed by atoms with Crippen molar-refractivity contribution in [1.29, 1.82) is 0 Å². The molecular weight excluding hydrogens is 214 g/mol. The molecule has 1 rings (SSSR count). The Bertz CT molecular complexity index is 322. The second kappa shape index (κ2) is 7.33. The van der Waals surface area contributed by atoms with Gasteiger partial charge in [0, 0.05) is 25.9 Å². The first kappa shape index (κ1) is 14.0. The van der Waals surface area contributed by atoms with Gasteiger partial charge in [-0.25, -0.2) is 4.98 Å². The highest BCUT2D eigenvalue weighted by Crippen LogP contribution is 2.20. The smallest absolute Gasteiger partial charge is 0.203 e. The van der Waals surface area contributed by atoms with E-state index in [-0.39, 0.29) is 0 Å². The van der Waals surface area contributed by atoms with E-state index in [1.165, 1.54) is 19.3 Å². The molecule has 0 aliphatic heterocycles. The van der Waals surface area contributed by atoms with Gasteiger partial charge in [0.2, 0.25) is 5.95 Å². The van der Waals surface area contributed by atoms with Crippen molar-refractivity contribution >= 4 is 5.95 Å². The largest absolute Gasteiger partial charge is 0.383 e. The lowest BCUT2D eigenvalue weighted by Crippen LogP contribution is -2.14. The number of nitrogens with one attached hydrogen (secondary N) is 1. The van der Waals surface area contributed by atoms with Crippen LogP contribution in [-0.2, 0) is 4.74 Å². The molecule has 1 heterocycles. The van der Waals surface area contributed by atoms with Gasteiger partial charge in [-0.3, -0.25) is 0 Å². The molecule has 1 atom stereocenters. The van der Waals surface area contributed by atoms with E-state index in [0.29, 0.717) is 12.6 Å². The predicted octanol–water partition coefficient (Wildman–Crippen LogP) is 3.00. The maximum atomic E-state index is 5.04. The topological polar surface area (TPSA) is 39.1 Å². The second-order valence-corrected chi connectivity index (χ2v) is 4.52. The Morgan fingerprint density at radius 1 is 1.53 bits per heavy atom. The zero-order valence-electron chi connectivity index (χ0n) is 11.5. The molecule has 98 valence electrons. The lowest BCUT2D eigenvalue weighted by molar-refractivity contribution is 0.210. The van der Waals surface area contributed by atoms with Gasteiger partial charge < -0.3 is 14.6 Å². The van der Waals surface area contributed by atoms with Crippen molar-refractivity contribution in [3.8, 4) is 0 Å². The Morgan fingerprint density at radius 2 is 2.29 bits per heavy atom. The number of aromatic nitrogens is 2. The summed E-state index contributed by atoms with van der Waals surface area (Å²) in [5.74, 6) is 0.961. The standard InChI is InChI=1S/C13H25N3O/c1-5-6-7-12(3)16-10-11(2)15-13(16)14-8-9-17-4/h10,12H,5-9H2,1-4H3,(H,14,15). The molecular formula is C13H25N3O. The molecule has 0 aliphatic rings. The first-order valence-electron chi connectivity index (χ1n) is 6.47. The van der Waals surface area contributed by atoms with E-state index in [2.05, 4.69) is 34.9 Å². The van der Waals surface area contributed by atoms with Crippen molar-refractivity contribution in [3.63, 3.8) is 0 Å². The molecule has 1 unspecified atom stereocenters. The Kier molecular flexibility index (Phi) is 6.05. The van der Waals surface area contributed by atoms with Gasteiger partial charge in [0.15, 0.2) is 0 Å². The van der Waals surface area contributed by atoms with Gasteiger partial charge in [0.1, 0.15) is 0 Å². The molecule has 0 amide bonds. The number of imidazole rings is 1. The van der Waals surface area contributed by atoms with Gasteiger partial charge in [-0.05, 0) is 20.3 Å². The fourth-order valence-electron chi connectivity index (χ4n) is 1.89. The summed E-state index contributed by atoms with van der Waals surface area (Å²) in [5, 5.41) is 3.32. The Labute approximate surface area is 104 Å². The second-order valence-electron chi connectivity index (χ2n) is 4.52. The molecule has 0 fully saturated rings. The Hall–Kier alpha value is -1.03. The van der Waals surface area contributed by atoms with Crippen LogP contribution >= 0.6 is 0 Å². The molecule has 1 N–H and O–H groups in total. The number of unbranched alkanes of at least 4 members (excludes halogenated alkanes) is 1. The molecule has 17 heavy (non-hydrogen) atoms. The van der Waals surface area contributed by atoms with Gasteiger partial charge in [-0.2, -0.15) is 0 Å². The predicted molar refractivity (Wildman–Crippen MR) is 71.6 cm³/mol. The summed E-state index contributed by atoms with van der Waals surface area (Å²) in [6, 6.07) is 0.501. The molecule has 0 spiro atoms. The van der Waals surface area contributed by atoms with Crippen molar-refractivity contribution in [2.24, 2.45) is 0 Å². The highest BCUT2D eigenvalue weighted by Gasteiger charge is 2.10. The van der Waals surface area contributed by atoms with Crippen LogP contribution in [-0.4, -0.2) is 29.8 Å². The summed E-state index contributed by atoms with van der Waals surface area (Å²) in [5.41, 5.74) is 1.06. The van der Waals surface area contributed by atoms with Crippen molar-refractivity contribution < 1.29 is 4.74 Å². The van der Waals surface area contributed by atoms with Crippen LogP contribution in [0.1, 0.15) is 44.8 Å². The van der Waals surface area contributed by atoms with Crippen LogP contribution in [0.2, 0.25) is 0 Å². The first-order chi connectivity index (χ1) is 8.19. The van der Waals surface area contributed by atoms with Crippen molar-refractivity contribution in [3.05, 3.63) is 11.9 Å². The third kappa shape index (κ3) is 4.38. The molecule has 0 saturated carbocycles. The van der Waals surface area contributed by atoms with E-state index in [1.807, 2.05) is 6.92 Å². The Morgan fingerprint density at radius 3 is 2.94 bits per heavy atom. The van der Waals surface area contributed by atoms with Gasteiger partial charge in [-0.15, -0.1) is 0 Å². The molecule has 1 aromatic heterocycles. The average molecular weight is 239 g/mol. The monoisotopic (exact) mass is 239 g/mol. The summed E-state index contributed by atoms with van der Waals surface area (Å²) in [4.78, 5) is 4.51.